The number of nitro benzene ring substituents is 1. The molecule has 12 heteroatoms. The first-order valence-corrected chi connectivity index (χ1v) is 17.8. The van der Waals surface area contributed by atoms with Crippen LogP contribution in [-0.4, -0.2) is 22.6 Å². The van der Waals surface area contributed by atoms with Gasteiger partial charge in [-0.2, -0.15) is 5.26 Å². The molecule has 6 rings (SSSR count). The minimum atomic E-state index is -0.706. The molecule has 4 aromatic carbocycles. The standard InChI is InChI=1S/C39H31N5O5S2/c40-24-31-30-19-8-10-21-34(30)51-39(31)43-38(47)35(25-12-3-1-4-13-25)50-29-18-11-17-28(23-29)41-37(46)32(42-36(45)26-14-5-2-6-15-26)22-27-16-7-9-20-33(27)44(48)49/h1-7,9,11-18,20,22-23,35H,8,10,19,21H2,(H,41,46)(H,42,45)(H,43,47)/b32-22+. The molecule has 1 unspecified atom stereocenters. The predicted molar refractivity (Wildman–Crippen MR) is 199 cm³/mol. The summed E-state index contributed by atoms with van der Waals surface area (Å²) in [6, 6.07) is 32.7. The second-order valence-corrected chi connectivity index (χ2v) is 13.9. The number of aryl methyl sites for hydroxylation is 1. The number of nitrogens with one attached hydrogen (secondary N) is 3. The number of thioether (sulfide) groups is 1. The number of rotatable bonds is 11. The van der Waals surface area contributed by atoms with Gasteiger partial charge in [-0.3, -0.25) is 24.5 Å². The van der Waals surface area contributed by atoms with E-state index in [0.717, 1.165) is 41.7 Å². The van der Waals surface area contributed by atoms with E-state index in [1.165, 1.54) is 47.4 Å². The highest BCUT2D eigenvalue weighted by Gasteiger charge is 2.27. The lowest BCUT2D eigenvalue weighted by atomic mass is 9.96. The molecule has 0 bridgehead atoms. The normalized spacial score (nSPS) is 12.9. The zero-order valence-corrected chi connectivity index (χ0v) is 28.8. The van der Waals surface area contributed by atoms with Gasteiger partial charge in [0.25, 0.3) is 17.5 Å². The summed E-state index contributed by atoms with van der Waals surface area (Å²) in [6.07, 6.45) is 5.07. The third-order valence-corrected chi connectivity index (χ3v) is 10.6. The van der Waals surface area contributed by atoms with E-state index in [4.69, 9.17) is 0 Å². The van der Waals surface area contributed by atoms with Gasteiger partial charge in [0.05, 0.1) is 16.1 Å². The molecule has 1 aliphatic carbocycles. The number of thiophene rings is 1. The number of amides is 3. The molecule has 0 saturated carbocycles. The Hall–Kier alpha value is -6.03. The molecule has 5 aromatic rings. The van der Waals surface area contributed by atoms with Crippen LogP contribution < -0.4 is 16.0 Å². The summed E-state index contributed by atoms with van der Waals surface area (Å²) in [5.74, 6) is -1.56. The van der Waals surface area contributed by atoms with Gasteiger partial charge in [0.15, 0.2) is 0 Å². The van der Waals surface area contributed by atoms with E-state index in [2.05, 4.69) is 22.0 Å². The van der Waals surface area contributed by atoms with Gasteiger partial charge in [-0.15, -0.1) is 23.1 Å². The molecular weight excluding hydrogens is 683 g/mol. The van der Waals surface area contributed by atoms with Crippen molar-refractivity contribution in [1.29, 1.82) is 5.26 Å². The number of benzene rings is 4. The SMILES string of the molecule is N#Cc1c(NC(=O)C(Sc2cccc(NC(=O)/C(=C\c3ccccc3[N+](=O)[O-])NC(=O)c3ccccc3)c2)c2ccccc2)sc2c1CCCC2. The van der Waals surface area contributed by atoms with Gasteiger partial charge in [-0.05, 0) is 79.3 Å². The van der Waals surface area contributed by atoms with E-state index in [0.29, 0.717) is 26.7 Å². The van der Waals surface area contributed by atoms with Crippen molar-refractivity contribution in [1.82, 2.24) is 5.32 Å². The van der Waals surface area contributed by atoms with Gasteiger partial charge in [-0.25, -0.2) is 0 Å². The van der Waals surface area contributed by atoms with Crippen LogP contribution >= 0.6 is 23.1 Å². The monoisotopic (exact) mass is 713 g/mol. The van der Waals surface area contributed by atoms with Crippen molar-refractivity contribution in [3.63, 3.8) is 0 Å². The van der Waals surface area contributed by atoms with Crippen molar-refractivity contribution in [2.75, 3.05) is 10.6 Å². The number of carbonyl (C=O) groups excluding carboxylic acids is 3. The Morgan fingerprint density at radius 2 is 1.59 bits per heavy atom. The average Bonchev–Trinajstić information content (AvgIpc) is 3.51. The van der Waals surface area contributed by atoms with Gasteiger partial charge in [0, 0.05) is 27.1 Å². The fraction of sp³-hybridized carbons (Fsp3) is 0.128. The molecule has 0 spiro atoms. The molecule has 10 nitrogen and oxygen atoms in total. The molecule has 0 aliphatic heterocycles. The number of nitrogens with zero attached hydrogens (tertiary/aromatic N) is 2. The number of nitriles is 1. The number of anilines is 2. The highest BCUT2D eigenvalue weighted by Crippen LogP contribution is 2.41. The van der Waals surface area contributed by atoms with Crippen LogP contribution in [0.3, 0.4) is 0 Å². The van der Waals surface area contributed by atoms with Gasteiger partial charge in [-0.1, -0.05) is 66.7 Å². The maximum Gasteiger partial charge on any atom is 0.276 e. The molecule has 1 atom stereocenters. The summed E-state index contributed by atoms with van der Waals surface area (Å²) < 4.78 is 0. The van der Waals surface area contributed by atoms with Crippen LogP contribution in [0.25, 0.3) is 6.08 Å². The van der Waals surface area contributed by atoms with E-state index in [1.54, 1.807) is 54.6 Å². The molecule has 254 valence electrons. The highest BCUT2D eigenvalue weighted by atomic mass is 32.2. The van der Waals surface area contributed by atoms with Crippen LogP contribution in [0.15, 0.2) is 120 Å². The predicted octanol–water partition coefficient (Wildman–Crippen LogP) is 8.29. The molecule has 1 heterocycles. The Labute approximate surface area is 302 Å². The van der Waals surface area contributed by atoms with Crippen LogP contribution in [0.1, 0.15) is 55.6 Å². The second-order valence-electron chi connectivity index (χ2n) is 11.6. The summed E-state index contributed by atoms with van der Waals surface area (Å²) in [5, 5.41) is 30.0. The van der Waals surface area contributed by atoms with Crippen molar-refractivity contribution >= 4 is 63.3 Å². The van der Waals surface area contributed by atoms with E-state index < -0.39 is 22.0 Å². The Bertz CT molecular complexity index is 2180. The zero-order chi connectivity index (χ0) is 35.7. The van der Waals surface area contributed by atoms with Crippen molar-refractivity contribution in [2.45, 2.75) is 35.8 Å². The maximum absolute atomic E-state index is 13.9. The summed E-state index contributed by atoms with van der Waals surface area (Å²) in [5.41, 5.74) is 2.69. The Balaban J connectivity index is 1.26. The van der Waals surface area contributed by atoms with Crippen molar-refractivity contribution in [3.05, 3.63) is 158 Å². The zero-order valence-electron chi connectivity index (χ0n) is 27.1. The molecule has 3 N–H and O–H groups in total. The topological polar surface area (TPSA) is 154 Å². The third kappa shape index (κ3) is 8.41. The van der Waals surface area contributed by atoms with Crippen LogP contribution in [-0.2, 0) is 22.4 Å². The Morgan fingerprint density at radius 3 is 2.33 bits per heavy atom. The van der Waals surface area contributed by atoms with Crippen LogP contribution in [0.4, 0.5) is 16.4 Å². The maximum atomic E-state index is 13.9. The molecule has 0 saturated heterocycles. The molecule has 1 aromatic heterocycles. The lowest BCUT2D eigenvalue weighted by Gasteiger charge is -2.17. The summed E-state index contributed by atoms with van der Waals surface area (Å²) in [4.78, 5) is 53.7. The molecule has 3 amide bonds. The molecule has 1 aliphatic rings. The summed E-state index contributed by atoms with van der Waals surface area (Å²) in [6.45, 7) is 0. The van der Waals surface area contributed by atoms with Crippen molar-refractivity contribution in [2.24, 2.45) is 0 Å². The number of carbonyl (C=O) groups is 3. The number of hydrogen-bond acceptors (Lipinski definition) is 8. The first-order valence-electron chi connectivity index (χ1n) is 16.1. The van der Waals surface area contributed by atoms with E-state index in [-0.39, 0.29) is 22.9 Å². The van der Waals surface area contributed by atoms with Crippen LogP contribution in [0.2, 0.25) is 0 Å². The molecular formula is C39H31N5O5S2. The van der Waals surface area contributed by atoms with Crippen LogP contribution in [0.5, 0.6) is 0 Å². The minimum absolute atomic E-state index is 0.133. The number of hydrogen-bond donors (Lipinski definition) is 3. The van der Waals surface area contributed by atoms with Gasteiger partial charge >= 0.3 is 0 Å². The third-order valence-electron chi connectivity index (χ3n) is 8.17. The fourth-order valence-electron chi connectivity index (χ4n) is 5.71. The Morgan fingerprint density at radius 1 is 0.882 bits per heavy atom. The first-order chi connectivity index (χ1) is 24.8. The molecule has 0 radical (unpaired) electrons. The number of para-hydroxylation sites is 1. The number of fused-ring (bicyclic) bond motifs is 1. The lowest BCUT2D eigenvalue weighted by Crippen LogP contribution is -2.30. The van der Waals surface area contributed by atoms with Gasteiger partial charge in [0.1, 0.15) is 22.0 Å². The van der Waals surface area contributed by atoms with E-state index >= 15 is 0 Å². The van der Waals surface area contributed by atoms with Crippen molar-refractivity contribution in [3.8, 4) is 6.07 Å². The minimum Gasteiger partial charge on any atom is -0.321 e. The molecule has 51 heavy (non-hydrogen) atoms. The highest BCUT2D eigenvalue weighted by molar-refractivity contribution is 8.00. The van der Waals surface area contributed by atoms with E-state index in [1.807, 2.05) is 36.4 Å². The largest absolute Gasteiger partial charge is 0.321 e. The van der Waals surface area contributed by atoms with E-state index in [9.17, 15) is 29.8 Å². The fourth-order valence-corrected chi connectivity index (χ4v) is 8.03. The van der Waals surface area contributed by atoms with Crippen LogP contribution in [0, 0.1) is 21.4 Å². The smallest absolute Gasteiger partial charge is 0.276 e. The van der Waals surface area contributed by atoms with Gasteiger partial charge in [0.2, 0.25) is 5.91 Å². The second kappa shape index (κ2) is 16.1. The number of nitro groups is 1. The summed E-state index contributed by atoms with van der Waals surface area (Å²) >= 11 is 2.75. The van der Waals surface area contributed by atoms with Gasteiger partial charge < -0.3 is 16.0 Å². The average molecular weight is 714 g/mol. The van der Waals surface area contributed by atoms with Crippen molar-refractivity contribution < 1.29 is 19.3 Å². The summed E-state index contributed by atoms with van der Waals surface area (Å²) in [7, 11) is 0. The first kappa shape index (κ1) is 34.8. The Kier molecular flexibility index (Phi) is 11.0. The quantitative estimate of drug-likeness (QED) is 0.0539. The molecule has 0 fully saturated rings. The lowest BCUT2D eigenvalue weighted by molar-refractivity contribution is -0.385.